The van der Waals surface area contributed by atoms with Crippen molar-refractivity contribution in [2.75, 3.05) is 13.2 Å². The molecule has 19 heavy (non-hydrogen) atoms. The summed E-state index contributed by atoms with van der Waals surface area (Å²) in [4.78, 5) is 25.5. The molecule has 1 fully saturated rings. The first-order chi connectivity index (χ1) is 8.69. The summed E-state index contributed by atoms with van der Waals surface area (Å²) in [6.07, 6.45) is 0.391. The number of hydrogen-bond donors (Lipinski definition) is 0. The lowest BCUT2D eigenvalue weighted by molar-refractivity contribution is -0.157. The Morgan fingerprint density at radius 2 is 1.89 bits per heavy atom. The monoisotopic (exact) mass is 271 g/mol. The fourth-order valence-electron chi connectivity index (χ4n) is 2.00. The van der Waals surface area contributed by atoms with Gasteiger partial charge in [0.15, 0.2) is 0 Å². The Bertz CT molecular complexity index is 335. The molecule has 5 heteroatoms. The first-order valence-electron chi connectivity index (χ1n) is 6.82. The van der Waals surface area contributed by atoms with Crippen LogP contribution in [0.5, 0.6) is 0 Å². The fourth-order valence-corrected chi connectivity index (χ4v) is 2.00. The van der Waals surface area contributed by atoms with E-state index in [1.165, 1.54) is 0 Å². The summed E-state index contributed by atoms with van der Waals surface area (Å²) in [6.45, 7) is 10.5. The average Bonchev–Trinajstić information content (AvgIpc) is 2.27. The lowest BCUT2D eigenvalue weighted by Crippen LogP contribution is -2.50. The Morgan fingerprint density at radius 1 is 1.26 bits per heavy atom. The highest BCUT2D eigenvalue weighted by Crippen LogP contribution is 2.14. The van der Waals surface area contributed by atoms with Gasteiger partial charge in [-0.3, -0.25) is 9.59 Å². The van der Waals surface area contributed by atoms with Gasteiger partial charge in [-0.2, -0.15) is 0 Å². The molecule has 1 amide bonds. The van der Waals surface area contributed by atoms with Crippen molar-refractivity contribution in [1.82, 2.24) is 4.90 Å². The van der Waals surface area contributed by atoms with Crippen LogP contribution in [-0.4, -0.2) is 47.7 Å². The van der Waals surface area contributed by atoms with Gasteiger partial charge >= 0.3 is 5.97 Å². The lowest BCUT2D eigenvalue weighted by atomic mass is 10.1. The largest absolute Gasteiger partial charge is 0.460 e. The van der Waals surface area contributed by atoms with Gasteiger partial charge in [-0.15, -0.1) is 0 Å². The third-order valence-corrected chi connectivity index (χ3v) is 2.89. The van der Waals surface area contributed by atoms with Crippen LogP contribution in [0.2, 0.25) is 0 Å². The molecule has 0 aliphatic carbocycles. The van der Waals surface area contributed by atoms with Gasteiger partial charge in [-0.1, -0.05) is 0 Å². The molecule has 0 bridgehead atoms. The predicted octanol–water partition coefficient (Wildman–Crippen LogP) is 1.74. The van der Waals surface area contributed by atoms with Crippen molar-refractivity contribution in [2.45, 2.75) is 65.2 Å². The average molecular weight is 271 g/mol. The van der Waals surface area contributed by atoms with Crippen molar-refractivity contribution in [2.24, 2.45) is 0 Å². The summed E-state index contributed by atoms with van der Waals surface area (Å²) >= 11 is 0. The number of carbonyl (C=O) groups excluding carboxylic acids is 2. The molecule has 1 rings (SSSR count). The summed E-state index contributed by atoms with van der Waals surface area (Å²) in [7, 11) is 0. The number of hydrogen-bond acceptors (Lipinski definition) is 4. The van der Waals surface area contributed by atoms with E-state index in [9.17, 15) is 9.59 Å². The van der Waals surface area contributed by atoms with Gasteiger partial charge in [-0.05, 0) is 34.6 Å². The van der Waals surface area contributed by atoms with Crippen molar-refractivity contribution >= 4 is 11.9 Å². The second-order valence-corrected chi connectivity index (χ2v) is 6.13. The molecule has 0 spiro atoms. The molecule has 0 aromatic carbocycles. The van der Waals surface area contributed by atoms with Gasteiger partial charge in [0.05, 0.1) is 25.2 Å². The first kappa shape index (κ1) is 16.0. The molecule has 2 unspecified atom stereocenters. The van der Waals surface area contributed by atoms with E-state index in [2.05, 4.69) is 0 Å². The molecule has 1 heterocycles. The highest BCUT2D eigenvalue weighted by Gasteiger charge is 2.28. The normalized spacial score (nSPS) is 24.2. The zero-order valence-corrected chi connectivity index (χ0v) is 12.6. The van der Waals surface area contributed by atoms with Gasteiger partial charge < -0.3 is 14.4 Å². The number of morpholine rings is 1. The molecule has 2 atom stereocenters. The minimum atomic E-state index is -0.499. The van der Waals surface area contributed by atoms with Crippen molar-refractivity contribution in [3.8, 4) is 0 Å². The number of amides is 1. The van der Waals surface area contributed by atoms with E-state index < -0.39 is 5.60 Å². The zero-order valence-electron chi connectivity index (χ0n) is 12.6. The number of rotatable bonds is 3. The van der Waals surface area contributed by atoms with Crippen molar-refractivity contribution in [1.29, 1.82) is 0 Å². The number of esters is 1. The highest BCUT2D eigenvalue weighted by molar-refractivity contribution is 5.81. The molecule has 1 aliphatic rings. The second-order valence-electron chi connectivity index (χ2n) is 6.13. The van der Waals surface area contributed by atoms with E-state index in [4.69, 9.17) is 9.47 Å². The Kier molecular flexibility index (Phi) is 5.35. The van der Waals surface area contributed by atoms with Crippen LogP contribution < -0.4 is 0 Å². The first-order valence-corrected chi connectivity index (χ1v) is 6.82. The van der Waals surface area contributed by atoms with Crippen molar-refractivity contribution in [3.05, 3.63) is 0 Å². The molecule has 110 valence electrons. The topological polar surface area (TPSA) is 55.8 Å². The summed E-state index contributed by atoms with van der Waals surface area (Å²) in [5.41, 5.74) is -0.499. The third kappa shape index (κ3) is 5.59. The van der Waals surface area contributed by atoms with Gasteiger partial charge in [0.25, 0.3) is 0 Å². The molecule has 0 saturated carbocycles. The molecule has 1 aliphatic heterocycles. The highest BCUT2D eigenvalue weighted by atomic mass is 16.6. The number of ether oxygens (including phenoxy) is 2. The van der Waals surface area contributed by atoms with E-state index in [1.807, 2.05) is 34.6 Å². The summed E-state index contributed by atoms with van der Waals surface area (Å²) in [6, 6.07) is 0.0716. The lowest BCUT2D eigenvalue weighted by Gasteiger charge is -2.36. The van der Waals surface area contributed by atoms with E-state index in [-0.39, 0.29) is 36.9 Å². The van der Waals surface area contributed by atoms with Gasteiger partial charge in [0.2, 0.25) is 5.91 Å². The van der Waals surface area contributed by atoms with Crippen LogP contribution in [-0.2, 0) is 19.1 Å². The maximum atomic E-state index is 12.1. The maximum absolute atomic E-state index is 12.1. The second kappa shape index (κ2) is 6.37. The summed E-state index contributed by atoms with van der Waals surface area (Å²) in [5, 5.41) is 0. The van der Waals surface area contributed by atoms with Gasteiger partial charge in [0, 0.05) is 13.0 Å². The SMILES string of the molecule is CC1CN(C(=O)CCC(=O)OC(C)(C)C)C(C)CO1. The smallest absolute Gasteiger partial charge is 0.306 e. The maximum Gasteiger partial charge on any atom is 0.306 e. The van der Waals surface area contributed by atoms with E-state index >= 15 is 0 Å². The standard InChI is InChI=1S/C14H25NO4/c1-10-9-18-11(2)8-15(10)12(16)6-7-13(17)19-14(3,4)5/h10-11H,6-9H2,1-5H3. The molecule has 1 saturated heterocycles. The Morgan fingerprint density at radius 3 is 2.47 bits per heavy atom. The van der Waals surface area contributed by atoms with Crippen LogP contribution in [0.4, 0.5) is 0 Å². The summed E-state index contributed by atoms with van der Waals surface area (Å²) in [5.74, 6) is -0.330. The molecule has 0 N–H and O–H groups in total. The Hall–Kier alpha value is -1.10. The van der Waals surface area contributed by atoms with Crippen LogP contribution in [0.15, 0.2) is 0 Å². The van der Waals surface area contributed by atoms with E-state index in [1.54, 1.807) is 4.90 Å². The minimum Gasteiger partial charge on any atom is -0.460 e. The van der Waals surface area contributed by atoms with Gasteiger partial charge in [-0.25, -0.2) is 0 Å². The minimum absolute atomic E-state index is 0.00601. The Labute approximate surface area is 115 Å². The van der Waals surface area contributed by atoms with Crippen LogP contribution in [0.1, 0.15) is 47.5 Å². The molecule has 0 aromatic heterocycles. The zero-order chi connectivity index (χ0) is 14.6. The van der Waals surface area contributed by atoms with Gasteiger partial charge in [0.1, 0.15) is 5.60 Å². The fraction of sp³-hybridized carbons (Fsp3) is 0.857. The Balaban J connectivity index is 2.40. The molecule has 0 aromatic rings. The molecular weight excluding hydrogens is 246 g/mol. The molecule has 5 nitrogen and oxygen atoms in total. The van der Waals surface area contributed by atoms with Crippen molar-refractivity contribution < 1.29 is 19.1 Å². The third-order valence-electron chi connectivity index (χ3n) is 2.89. The number of nitrogens with zero attached hydrogens (tertiary/aromatic N) is 1. The predicted molar refractivity (Wildman–Crippen MR) is 71.7 cm³/mol. The molecular formula is C14H25NO4. The quantitative estimate of drug-likeness (QED) is 0.734. The van der Waals surface area contributed by atoms with Crippen molar-refractivity contribution in [3.63, 3.8) is 0 Å². The van der Waals surface area contributed by atoms with E-state index in [0.29, 0.717) is 13.2 Å². The molecule has 0 radical (unpaired) electrons. The number of carbonyl (C=O) groups is 2. The van der Waals surface area contributed by atoms with Crippen LogP contribution in [0.3, 0.4) is 0 Å². The van der Waals surface area contributed by atoms with Crippen LogP contribution >= 0.6 is 0 Å². The van der Waals surface area contributed by atoms with E-state index in [0.717, 1.165) is 0 Å². The van der Waals surface area contributed by atoms with Crippen LogP contribution in [0.25, 0.3) is 0 Å². The van der Waals surface area contributed by atoms with Crippen LogP contribution in [0, 0.1) is 0 Å². The summed E-state index contributed by atoms with van der Waals surface area (Å²) < 4.78 is 10.7.